The van der Waals surface area contributed by atoms with E-state index in [9.17, 15) is 14.0 Å². The Kier molecular flexibility index (Phi) is 7.30. The molecule has 0 atom stereocenters. The van der Waals surface area contributed by atoms with Gasteiger partial charge in [0.2, 0.25) is 5.91 Å². The number of halogens is 1. The summed E-state index contributed by atoms with van der Waals surface area (Å²) in [5.41, 5.74) is 1.61. The van der Waals surface area contributed by atoms with E-state index in [0.29, 0.717) is 41.1 Å². The zero-order chi connectivity index (χ0) is 24.1. The topological polar surface area (TPSA) is 85.7 Å². The van der Waals surface area contributed by atoms with Crippen LogP contribution in [0.2, 0.25) is 0 Å². The van der Waals surface area contributed by atoms with Crippen LogP contribution < -0.4 is 25.2 Å². The van der Waals surface area contributed by atoms with Crippen LogP contribution in [0.3, 0.4) is 0 Å². The summed E-state index contributed by atoms with van der Waals surface area (Å²) in [4.78, 5) is 32.0. The van der Waals surface area contributed by atoms with Crippen LogP contribution in [0.1, 0.15) is 32.1 Å². The van der Waals surface area contributed by atoms with Crippen LogP contribution >= 0.6 is 0 Å². The first-order chi connectivity index (χ1) is 16.5. The summed E-state index contributed by atoms with van der Waals surface area (Å²) in [5, 5.41) is 3.27. The van der Waals surface area contributed by atoms with Crippen molar-refractivity contribution in [1.29, 1.82) is 0 Å². The first-order valence-electron chi connectivity index (χ1n) is 11.5. The van der Waals surface area contributed by atoms with Gasteiger partial charge in [0.15, 0.2) is 11.5 Å². The summed E-state index contributed by atoms with van der Waals surface area (Å²) in [5.74, 6) is 0.331. The Hall–Kier alpha value is -3.62. The normalized spacial score (nSPS) is 13.7. The molecular weight excluding hydrogens is 439 g/mol. The summed E-state index contributed by atoms with van der Waals surface area (Å²) in [7, 11) is 3.03. The van der Waals surface area contributed by atoms with Crippen molar-refractivity contribution in [3.63, 3.8) is 0 Å². The van der Waals surface area contributed by atoms with Crippen LogP contribution in [0.4, 0.5) is 15.8 Å². The summed E-state index contributed by atoms with van der Waals surface area (Å²) in [6.07, 6.45) is 5.43. The molecule has 34 heavy (non-hydrogen) atoms. The second-order valence-corrected chi connectivity index (χ2v) is 8.33. The first kappa shape index (κ1) is 23.5. The number of aromatic nitrogens is 2. The molecule has 1 fully saturated rings. The average Bonchev–Trinajstić information content (AvgIpc) is 2.85. The Balaban J connectivity index is 1.42. The van der Waals surface area contributed by atoms with Crippen molar-refractivity contribution in [1.82, 2.24) is 9.55 Å². The lowest BCUT2D eigenvalue weighted by molar-refractivity contribution is -0.116. The molecule has 0 bridgehead atoms. The molecule has 180 valence electrons. The maximum atomic E-state index is 13.9. The van der Waals surface area contributed by atoms with E-state index in [1.165, 1.54) is 43.7 Å². The summed E-state index contributed by atoms with van der Waals surface area (Å²) in [6.45, 7) is 2.11. The molecule has 1 aliphatic rings. The van der Waals surface area contributed by atoms with Gasteiger partial charge < -0.3 is 19.7 Å². The minimum atomic E-state index is -0.392. The number of anilines is 2. The van der Waals surface area contributed by atoms with Crippen molar-refractivity contribution in [3.8, 4) is 11.5 Å². The molecule has 0 saturated carbocycles. The molecule has 9 heteroatoms. The first-order valence-corrected chi connectivity index (χ1v) is 11.5. The molecule has 2 heterocycles. The van der Waals surface area contributed by atoms with Crippen molar-refractivity contribution in [3.05, 3.63) is 52.8 Å². The lowest BCUT2D eigenvalue weighted by Crippen LogP contribution is -2.30. The number of piperidine rings is 1. The van der Waals surface area contributed by atoms with Crippen LogP contribution in [-0.2, 0) is 11.3 Å². The molecule has 1 saturated heterocycles. The van der Waals surface area contributed by atoms with Crippen LogP contribution in [-0.4, -0.2) is 42.8 Å². The molecule has 0 radical (unpaired) electrons. The lowest BCUT2D eigenvalue weighted by Gasteiger charge is -2.30. The summed E-state index contributed by atoms with van der Waals surface area (Å²) >= 11 is 0. The molecule has 1 amide bonds. The number of hydrogen-bond acceptors (Lipinski definition) is 6. The van der Waals surface area contributed by atoms with Gasteiger partial charge in [-0.1, -0.05) is 0 Å². The molecule has 0 spiro atoms. The van der Waals surface area contributed by atoms with Gasteiger partial charge in [0, 0.05) is 32.1 Å². The third kappa shape index (κ3) is 5.13. The SMILES string of the molecule is COc1cc2ncn(CCCC(=O)Nc3cc(F)ccc3N3CCCCC3)c(=O)c2cc1OC. The quantitative estimate of drug-likeness (QED) is 0.539. The number of amides is 1. The Morgan fingerprint density at radius 3 is 2.56 bits per heavy atom. The number of ether oxygens (including phenoxy) is 2. The second kappa shape index (κ2) is 10.5. The van der Waals surface area contributed by atoms with E-state index in [1.54, 1.807) is 18.2 Å². The molecule has 0 aliphatic carbocycles. The third-order valence-electron chi connectivity index (χ3n) is 6.06. The fraction of sp³-hybridized carbons (Fsp3) is 0.400. The van der Waals surface area contributed by atoms with Gasteiger partial charge in [-0.05, 0) is 49.9 Å². The Bertz CT molecular complexity index is 1240. The van der Waals surface area contributed by atoms with E-state index < -0.39 is 5.82 Å². The maximum absolute atomic E-state index is 13.9. The fourth-order valence-electron chi connectivity index (χ4n) is 4.29. The second-order valence-electron chi connectivity index (χ2n) is 8.33. The molecule has 8 nitrogen and oxygen atoms in total. The van der Waals surface area contributed by atoms with Crippen molar-refractivity contribution < 1.29 is 18.7 Å². The molecule has 4 rings (SSSR count). The number of methoxy groups -OCH3 is 2. The molecule has 2 aromatic carbocycles. The maximum Gasteiger partial charge on any atom is 0.261 e. The van der Waals surface area contributed by atoms with E-state index in [-0.39, 0.29) is 17.9 Å². The number of nitrogens with one attached hydrogen (secondary N) is 1. The van der Waals surface area contributed by atoms with Gasteiger partial charge in [-0.15, -0.1) is 0 Å². The van der Waals surface area contributed by atoms with E-state index in [1.807, 2.05) is 0 Å². The van der Waals surface area contributed by atoms with Crippen molar-refractivity contribution in [2.75, 3.05) is 37.5 Å². The van der Waals surface area contributed by atoms with Crippen LogP contribution in [0.15, 0.2) is 41.5 Å². The predicted molar refractivity (Wildman–Crippen MR) is 129 cm³/mol. The van der Waals surface area contributed by atoms with Gasteiger partial charge in [-0.25, -0.2) is 9.37 Å². The van der Waals surface area contributed by atoms with Gasteiger partial charge >= 0.3 is 0 Å². The van der Waals surface area contributed by atoms with E-state index in [2.05, 4.69) is 15.2 Å². The highest BCUT2D eigenvalue weighted by Crippen LogP contribution is 2.30. The third-order valence-corrected chi connectivity index (χ3v) is 6.06. The number of carbonyl (C=O) groups is 1. The monoisotopic (exact) mass is 468 g/mol. The minimum absolute atomic E-state index is 0.187. The molecule has 0 unspecified atom stereocenters. The highest BCUT2D eigenvalue weighted by Gasteiger charge is 2.17. The van der Waals surface area contributed by atoms with Crippen LogP contribution in [0.25, 0.3) is 10.9 Å². The van der Waals surface area contributed by atoms with E-state index in [4.69, 9.17) is 9.47 Å². The molecule has 1 aromatic heterocycles. The van der Waals surface area contributed by atoms with Crippen molar-refractivity contribution >= 4 is 28.2 Å². The predicted octanol–water partition coefficient (Wildman–Crippen LogP) is 3.96. The zero-order valence-corrected chi connectivity index (χ0v) is 19.5. The molecule has 1 aliphatic heterocycles. The van der Waals surface area contributed by atoms with Crippen molar-refractivity contribution in [2.45, 2.75) is 38.6 Å². The molecular formula is C25H29FN4O4. The molecule has 1 N–H and O–H groups in total. The fourth-order valence-corrected chi connectivity index (χ4v) is 4.29. The van der Waals surface area contributed by atoms with E-state index >= 15 is 0 Å². The number of aryl methyl sites for hydroxylation is 1. The summed E-state index contributed by atoms with van der Waals surface area (Å²) in [6, 6.07) is 7.77. The Labute approximate surface area is 197 Å². The number of benzene rings is 2. The van der Waals surface area contributed by atoms with E-state index in [0.717, 1.165) is 31.6 Å². The van der Waals surface area contributed by atoms with Gasteiger partial charge in [0.25, 0.3) is 5.56 Å². The number of nitrogens with zero attached hydrogens (tertiary/aromatic N) is 3. The molecule has 3 aromatic rings. The van der Waals surface area contributed by atoms with Crippen molar-refractivity contribution in [2.24, 2.45) is 0 Å². The zero-order valence-electron chi connectivity index (χ0n) is 19.5. The lowest BCUT2D eigenvalue weighted by atomic mass is 10.1. The van der Waals surface area contributed by atoms with Crippen LogP contribution in [0.5, 0.6) is 11.5 Å². The highest BCUT2D eigenvalue weighted by molar-refractivity contribution is 5.94. The number of fused-ring (bicyclic) bond motifs is 1. The minimum Gasteiger partial charge on any atom is -0.493 e. The van der Waals surface area contributed by atoms with Crippen LogP contribution in [0, 0.1) is 5.82 Å². The van der Waals surface area contributed by atoms with Gasteiger partial charge in [-0.2, -0.15) is 0 Å². The van der Waals surface area contributed by atoms with Gasteiger partial charge in [0.05, 0.1) is 42.8 Å². The number of carbonyl (C=O) groups excluding carboxylic acids is 1. The number of hydrogen-bond donors (Lipinski definition) is 1. The smallest absolute Gasteiger partial charge is 0.261 e. The number of rotatable bonds is 8. The Morgan fingerprint density at radius 2 is 1.82 bits per heavy atom. The van der Waals surface area contributed by atoms with Gasteiger partial charge in [0.1, 0.15) is 5.82 Å². The standard InChI is InChI=1S/C25H29FN4O4/c1-33-22-14-18-19(15-23(22)34-2)27-16-30(25(18)32)12-6-7-24(31)28-20-13-17(26)8-9-21(20)29-10-4-3-5-11-29/h8-9,13-16H,3-7,10-12H2,1-2H3,(H,28,31). The van der Waals surface area contributed by atoms with Gasteiger partial charge in [-0.3, -0.25) is 14.2 Å². The largest absolute Gasteiger partial charge is 0.493 e. The highest BCUT2D eigenvalue weighted by atomic mass is 19.1. The summed E-state index contributed by atoms with van der Waals surface area (Å²) < 4.78 is 25.9. The Morgan fingerprint density at radius 1 is 1.09 bits per heavy atom. The average molecular weight is 469 g/mol.